The van der Waals surface area contributed by atoms with Crippen LogP contribution in [-0.4, -0.2) is 39.5 Å². The number of thioether (sulfide) groups is 1. The van der Waals surface area contributed by atoms with Crippen LogP contribution in [0.25, 0.3) is 0 Å². The largest absolute Gasteiger partial charge is 0.480 e. The lowest BCUT2D eigenvalue weighted by molar-refractivity contribution is -0.138. The van der Waals surface area contributed by atoms with Gasteiger partial charge in [0.15, 0.2) is 0 Å². The molecule has 12 heteroatoms. The SMILES string of the molecule is CS/C(=C\C=C\C1=NOC(C(F)(F)F)=CCC1)S(=O)NC(Cc1ccccc1Br)C(=O)O. The van der Waals surface area contributed by atoms with E-state index in [4.69, 9.17) is 0 Å². The van der Waals surface area contributed by atoms with Crippen molar-refractivity contribution in [2.24, 2.45) is 5.16 Å². The van der Waals surface area contributed by atoms with Gasteiger partial charge in [-0.15, -0.1) is 11.8 Å². The Morgan fingerprint density at radius 1 is 1.44 bits per heavy atom. The van der Waals surface area contributed by atoms with Gasteiger partial charge in [0.1, 0.15) is 17.0 Å². The Balaban J connectivity index is 2.05. The lowest BCUT2D eigenvalue weighted by Gasteiger charge is -2.15. The predicted molar refractivity (Wildman–Crippen MR) is 123 cm³/mol. The minimum absolute atomic E-state index is 0.111. The Bertz CT molecular complexity index is 978. The molecule has 1 aromatic rings. The topological polar surface area (TPSA) is 88.0 Å². The van der Waals surface area contributed by atoms with Crippen LogP contribution in [0.5, 0.6) is 0 Å². The number of hydrogen-bond acceptors (Lipinski definition) is 5. The zero-order valence-electron chi connectivity index (χ0n) is 16.8. The molecule has 1 aromatic carbocycles. The molecule has 2 N–H and O–H groups in total. The number of hydrogen-bond donors (Lipinski definition) is 2. The van der Waals surface area contributed by atoms with Crippen LogP contribution >= 0.6 is 27.7 Å². The van der Waals surface area contributed by atoms with Crippen molar-refractivity contribution in [2.75, 3.05) is 6.26 Å². The summed E-state index contributed by atoms with van der Waals surface area (Å²) >= 11 is 4.52. The fraction of sp³-hybridized carbons (Fsp3) is 0.300. The average molecular weight is 553 g/mol. The van der Waals surface area contributed by atoms with Gasteiger partial charge in [0.25, 0.3) is 0 Å². The number of allylic oxidation sites excluding steroid dienone is 5. The quantitative estimate of drug-likeness (QED) is 0.417. The first-order valence-electron chi connectivity index (χ1n) is 9.19. The lowest BCUT2D eigenvalue weighted by atomic mass is 10.1. The highest BCUT2D eigenvalue weighted by molar-refractivity contribution is 9.10. The van der Waals surface area contributed by atoms with Crippen molar-refractivity contribution in [3.05, 3.63) is 68.6 Å². The highest BCUT2D eigenvalue weighted by Gasteiger charge is 2.37. The average Bonchev–Trinajstić information content (AvgIpc) is 2.98. The molecular formula is C20H20BrF3N2O4S2. The summed E-state index contributed by atoms with van der Waals surface area (Å²) in [4.78, 5) is 16.1. The molecule has 0 amide bonds. The number of oxime groups is 1. The molecule has 0 bridgehead atoms. The molecule has 0 aliphatic carbocycles. The lowest BCUT2D eigenvalue weighted by Crippen LogP contribution is -2.39. The number of nitrogens with zero attached hydrogens (tertiary/aromatic N) is 1. The van der Waals surface area contributed by atoms with Crippen molar-refractivity contribution in [3.8, 4) is 0 Å². The van der Waals surface area contributed by atoms with Crippen molar-refractivity contribution in [2.45, 2.75) is 31.5 Å². The van der Waals surface area contributed by atoms with E-state index in [0.29, 0.717) is 4.24 Å². The zero-order chi connectivity index (χ0) is 23.7. The summed E-state index contributed by atoms with van der Waals surface area (Å²) in [5, 5.41) is 13.0. The Morgan fingerprint density at radius 3 is 2.78 bits per heavy atom. The number of carboxylic acids is 1. The van der Waals surface area contributed by atoms with E-state index in [1.807, 2.05) is 0 Å². The second-order valence-electron chi connectivity index (χ2n) is 6.40. The normalized spacial score (nSPS) is 17.2. The summed E-state index contributed by atoms with van der Waals surface area (Å²) in [6, 6.07) is 6.05. The van der Waals surface area contributed by atoms with Crippen LogP contribution in [0.2, 0.25) is 0 Å². The van der Waals surface area contributed by atoms with E-state index in [2.05, 4.69) is 30.6 Å². The summed E-state index contributed by atoms with van der Waals surface area (Å²) in [5.74, 6) is -2.31. The van der Waals surface area contributed by atoms with Crippen LogP contribution in [0.4, 0.5) is 13.2 Å². The van der Waals surface area contributed by atoms with Crippen molar-refractivity contribution >= 4 is 50.4 Å². The minimum Gasteiger partial charge on any atom is -0.480 e. The maximum atomic E-state index is 12.7. The summed E-state index contributed by atoms with van der Waals surface area (Å²) < 4.78 is 54.4. The van der Waals surface area contributed by atoms with Gasteiger partial charge in [-0.3, -0.25) is 4.79 Å². The van der Waals surface area contributed by atoms with Gasteiger partial charge in [0, 0.05) is 10.9 Å². The molecule has 2 atom stereocenters. The van der Waals surface area contributed by atoms with Crippen LogP contribution in [0.1, 0.15) is 18.4 Å². The van der Waals surface area contributed by atoms with Crippen LogP contribution in [0, 0.1) is 0 Å². The Kier molecular flexibility index (Phi) is 10.2. The molecule has 174 valence electrons. The molecule has 1 heterocycles. The minimum atomic E-state index is -4.60. The maximum Gasteiger partial charge on any atom is 0.451 e. The van der Waals surface area contributed by atoms with Gasteiger partial charge >= 0.3 is 12.1 Å². The van der Waals surface area contributed by atoms with E-state index in [9.17, 15) is 27.3 Å². The molecule has 32 heavy (non-hydrogen) atoms. The molecule has 0 saturated carbocycles. The van der Waals surface area contributed by atoms with Crippen molar-refractivity contribution in [3.63, 3.8) is 0 Å². The van der Waals surface area contributed by atoms with Crippen LogP contribution in [-0.2, 0) is 27.0 Å². The van der Waals surface area contributed by atoms with Crippen molar-refractivity contribution < 1.29 is 32.1 Å². The number of nitrogens with one attached hydrogen (secondary N) is 1. The Labute approximate surface area is 198 Å². The highest BCUT2D eigenvalue weighted by Crippen LogP contribution is 2.28. The number of carboxylic acid groups (broad SMARTS) is 1. The number of benzene rings is 1. The number of halogens is 4. The predicted octanol–water partition coefficient (Wildman–Crippen LogP) is 5.07. The second kappa shape index (κ2) is 12.4. The van der Waals surface area contributed by atoms with Gasteiger partial charge in [0.05, 0.1) is 9.95 Å². The van der Waals surface area contributed by atoms with Gasteiger partial charge < -0.3 is 9.94 Å². The Hall–Kier alpha value is -1.89. The summed E-state index contributed by atoms with van der Waals surface area (Å²) in [6.07, 6.45) is 2.89. The fourth-order valence-corrected chi connectivity index (χ4v) is 4.69. The first kappa shape index (κ1) is 26.4. The molecule has 0 aromatic heterocycles. The first-order chi connectivity index (χ1) is 15.1. The van der Waals surface area contributed by atoms with E-state index < -0.39 is 34.9 Å². The summed E-state index contributed by atoms with van der Waals surface area (Å²) in [6.45, 7) is 0. The summed E-state index contributed by atoms with van der Waals surface area (Å²) in [5.41, 5.74) is 1.03. The molecule has 2 rings (SSSR count). The van der Waals surface area contributed by atoms with E-state index in [1.165, 1.54) is 18.2 Å². The van der Waals surface area contributed by atoms with Gasteiger partial charge in [-0.2, -0.15) is 13.2 Å². The number of carbonyl (C=O) groups is 1. The molecule has 2 unspecified atom stereocenters. The smallest absolute Gasteiger partial charge is 0.451 e. The van der Waals surface area contributed by atoms with Gasteiger partial charge in [-0.1, -0.05) is 45.4 Å². The fourth-order valence-electron chi connectivity index (χ4n) is 2.52. The number of rotatable bonds is 9. The maximum absolute atomic E-state index is 12.7. The van der Waals surface area contributed by atoms with Crippen molar-refractivity contribution in [1.29, 1.82) is 0 Å². The molecule has 1 aliphatic rings. The highest BCUT2D eigenvalue weighted by atomic mass is 79.9. The van der Waals surface area contributed by atoms with Gasteiger partial charge in [-0.25, -0.2) is 8.93 Å². The van der Waals surface area contributed by atoms with E-state index >= 15 is 0 Å². The third kappa shape index (κ3) is 8.23. The second-order valence-corrected chi connectivity index (χ2v) is 9.57. The monoisotopic (exact) mass is 552 g/mol. The Morgan fingerprint density at radius 2 is 2.16 bits per heavy atom. The van der Waals surface area contributed by atoms with Gasteiger partial charge in [0.2, 0.25) is 5.76 Å². The van der Waals surface area contributed by atoms with Crippen molar-refractivity contribution in [1.82, 2.24) is 4.72 Å². The van der Waals surface area contributed by atoms with Crippen LogP contribution in [0.15, 0.2) is 68.2 Å². The summed E-state index contributed by atoms with van der Waals surface area (Å²) in [7, 11) is -1.82. The van der Waals surface area contributed by atoms with E-state index in [1.54, 1.807) is 30.5 Å². The zero-order valence-corrected chi connectivity index (χ0v) is 20.0. The standard InChI is InChI=1S/C20H20BrF3N2O4S2/c1-31-18(11-5-8-14-7-4-10-17(30-25-14)20(22,23)24)32(29)26-16(19(27)28)12-13-6-2-3-9-15(13)21/h2-3,5-6,8-11,16,26H,4,7,12H2,1H3,(H,27,28)/b8-5+,18-11+. The molecule has 0 saturated heterocycles. The third-order valence-corrected chi connectivity index (χ3v) is 7.37. The number of alkyl halides is 3. The van der Waals surface area contributed by atoms with E-state index in [0.717, 1.165) is 27.9 Å². The third-order valence-electron chi connectivity index (χ3n) is 4.10. The van der Waals surface area contributed by atoms with Crippen LogP contribution in [0.3, 0.4) is 0 Å². The molecule has 0 radical (unpaired) electrons. The first-order valence-corrected chi connectivity index (χ1v) is 12.4. The molecular weight excluding hydrogens is 533 g/mol. The van der Waals surface area contributed by atoms with E-state index in [-0.39, 0.29) is 25.0 Å². The molecule has 0 fully saturated rings. The number of aliphatic carboxylic acids is 1. The molecule has 6 nitrogen and oxygen atoms in total. The molecule has 1 aliphatic heterocycles. The van der Waals surface area contributed by atoms with Gasteiger partial charge in [-0.05, 0) is 49.0 Å². The molecule has 0 spiro atoms. The van der Waals surface area contributed by atoms with Crippen LogP contribution < -0.4 is 4.72 Å².